The number of allylic oxidation sites excluding steroid dienone is 3. The number of ketones is 1. The summed E-state index contributed by atoms with van der Waals surface area (Å²) in [5.41, 5.74) is 0.875. The Bertz CT molecular complexity index is 706. The molecule has 7 nitrogen and oxygen atoms in total. The molecule has 0 fully saturated rings. The molecule has 1 aliphatic carbocycles. The molecular weight excluding hydrogens is 333 g/mol. The van der Waals surface area contributed by atoms with Crippen LogP contribution in [0.3, 0.4) is 0 Å². The summed E-state index contributed by atoms with van der Waals surface area (Å²) in [7, 11) is -4.58. The van der Waals surface area contributed by atoms with E-state index in [1.807, 2.05) is 12.0 Å². The predicted octanol–water partition coefficient (Wildman–Crippen LogP) is 1.57. The number of carbonyl (C=O) groups excluding carboxylic acids is 1. The largest absolute Gasteiger partial charge is 0.508 e. The molecule has 0 amide bonds. The van der Waals surface area contributed by atoms with Crippen LogP contribution in [0.25, 0.3) is 0 Å². The van der Waals surface area contributed by atoms with E-state index < -0.39 is 25.6 Å². The summed E-state index contributed by atoms with van der Waals surface area (Å²) in [5, 5.41) is 21.8. The lowest BCUT2D eigenvalue weighted by atomic mass is 9.84. The van der Waals surface area contributed by atoms with Crippen molar-refractivity contribution in [1.29, 1.82) is 0 Å². The minimum Gasteiger partial charge on any atom is -0.508 e. The molecule has 130 valence electrons. The Balaban J connectivity index is 2.13. The van der Waals surface area contributed by atoms with Crippen molar-refractivity contribution in [3.05, 3.63) is 53.8 Å². The van der Waals surface area contributed by atoms with E-state index in [-0.39, 0.29) is 23.8 Å². The Kier molecular flexibility index (Phi) is 5.62. The minimum absolute atomic E-state index is 0.00115. The van der Waals surface area contributed by atoms with Crippen LogP contribution in [-0.2, 0) is 9.36 Å². The van der Waals surface area contributed by atoms with Crippen molar-refractivity contribution in [2.75, 3.05) is 0 Å². The zero-order chi connectivity index (χ0) is 17.9. The fourth-order valence-electron chi connectivity index (χ4n) is 2.72. The molecule has 8 heteroatoms. The Morgan fingerprint density at radius 3 is 2.46 bits per heavy atom. The van der Waals surface area contributed by atoms with E-state index in [0.29, 0.717) is 0 Å². The summed E-state index contributed by atoms with van der Waals surface area (Å²) in [6.07, 6.45) is 3.13. The van der Waals surface area contributed by atoms with Gasteiger partial charge in [0.1, 0.15) is 5.75 Å². The number of phenols is 1. The molecule has 0 aliphatic heterocycles. The van der Waals surface area contributed by atoms with Crippen molar-refractivity contribution in [1.82, 2.24) is 5.09 Å². The zero-order valence-electron chi connectivity index (χ0n) is 13.0. The van der Waals surface area contributed by atoms with Gasteiger partial charge in [-0.2, -0.15) is 0 Å². The van der Waals surface area contributed by atoms with Crippen molar-refractivity contribution in [2.45, 2.75) is 25.4 Å². The highest BCUT2D eigenvalue weighted by Gasteiger charge is 2.34. The number of hydrogen-bond donors (Lipinski definition) is 5. The van der Waals surface area contributed by atoms with E-state index in [4.69, 9.17) is 9.79 Å². The van der Waals surface area contributed by atoms with Gasteiger partial charge in [0.15, 0.2) is 5.78 Å². The highest BCUT2D eigenvalue weighted by atomic mass is 31.2. The van der Waals surface area contributed by atoms with Crippen molar-refractivity contribution in [3.63, 3.8) is 0 Å². The summed E-state index contributed by atoms with van der Waals surface area (Å²) < 4.78 is 11.2. The molecule has 0 radical (unpaired) electrons. The number of rotatable bonds is 6. The van der Waals surface area contributed by atoms with Gasteiger partial charge in [0.2, 0.25) is 0 Å². The second-order valence-corrected chi connectivity index (χ2v) is 7.12. The maximum Gasteiger partial charge on any atom is 0.427 e. The molecule has 5 N–H and O–H groups in total. The fraction of sp³-hybridized carbons (Fsp3) is 0.312. The minimum atomic E-state index is -4.58. The first-order chi connectivity index (χ1) is 11.2. The number of nitrogens with one attached hydrogen (secondary N) is 1. The monoisotopic (exact) mass is 353 g/mol. The molecule has 3 unspecified atom stereocenters. The standard InChI is InChI=1S/C16H20NO6P/c1-10(11-5-7-12(18)8-6-11)9-15(20)16-13(17-24(21,22)23)3-2-4-14(16)19/h2-8,10,15-16,18,20H,9H2,1H3,(H3,17,21,22,23). The van der Waals surface area contributed by atoms with Gasteiger partial charge in [0.05, 0.1) is 12.0 Å². The summed E-state index contributed by atoms with van der Waals surface area (Å²) >= 11 is 0. The highest BCUT2D eigenvalue weighted by molar-refractivity contribution is 7.49. The normalized spacial score (nSPS) is 20.4. The van der Waals surface area contributed by atoms with Crippen molar-refractivity contribution < 1.29 is 29.4 Å². The molecule has 2 rings (SSSR count). The van der Waals surface area contributed by atoms with Gasteiger partial charge < -0.3 is 20.0 Å². The fourth-order valence-corrected chi connectivity index (χ4v) is 3.27. The van der Waals surface area contributed by atoms with Crippen LogP contribution in [0.15, 0.2) is 48.2 Å². The molecule has 1 aliphatic rings. The van der Waals surface area contributed by atoms with Gasteiger partial charge in [-0.05, 0) is 42.2 Å². The molecular formula is C16H20NO6P. The van der Waals surface area contributed by atoms with Gasteiger partial charge in [-0.1, -0.05) is 25.1 Å². The van der Waals surface area contributed by atoms with Gasteiger partial charge in [0, 0.05) is 5.70 Å². The van der Waals surface area contributed by atoms with E-state index in [2.05, 4.69) is 0 Å². The van der Waals surface area contributed by atoms with Crippen molar-refractivity contribution in [3.8, 4) is 5.75 Å². The van der Waals surface area contributed by atoms with E-state index in [0.717, 1.165) is 5.56 Å². The molecule has 0 aromatic heterocycles. The predicted molar refractivity (Wildman–Crippen MR) is 88.0 cm³/mol. The van der Waals surface area contributed by atoms with Gasteiger partial charge in [-0.3, -0.25) is 9.88 Å². The van der Waals surface area contributed by atoms with Gasteiger partial charge in [-0.15, -0.1) is 0 Å². The molecule has 1 aromatic carbocycles. The van der Waals surface area contributed by atoms with Crippen LogP contribution in [0.5, 0.6) is 5.75 Å². The topological polar surface area (TPSA) is 127 Å². The van der Waals surface area contributed by atoms with Crippen LogP contribution in [0.4, 0.5) is 0 Å². The Morgan fingerprint density at radius 2 is 1.88 bits per heavy atom. The number of carbonyl (C=O) groups is 1. The van der Waals surface area contributed by atoms with E-state index in [9.17, 15) is 19.6 Å². The van der Waals surface area contributed by atoms with E-state index in [1.165, 1.54) is 30.4 Å². The summed E-state index contributed by atoms with van der Waals surface area (Å²) in [6.45, 7) is 1.86. The molecule has 0 bridgehead atoms. The van der Waals surface area contributed by atoms with Crippen LogP contribution in [0, 0.1) is 5.92 Å². The second kappa shape index (κ2) is 7.32. The maximum absolute atomic E-state index is 12.1. The number of benzene rings is 1. The Labute approximate surface area is 139 Å². The van der Waals surface area contributed by atoms with Gasteiger partial charge in [0.25, 0.3) is 0 Å². The number of hydrogen-bond acceptors (Lipinski definition) is 4. The summed E-state index contributed by atoms with van der Waals surface area (Å²) in [5.74, 6) is -1.45. The average Bonchev–Trinajstić information content (AvgIpc) is 2.46. The van der Waals surface area contributed by atoms with Gasteiger partial charge in [-0.25, -0.2) is 4.57 Å². The second-order valence-electron chi connectivity index (χ2n) is 5.81. The molecule has 0 saturated carbocycles. The number of phenolic OH excluding ortho intramolecular Hbond substituents is 1. The Morgan fingerprint density at radius 1 is 1.25 bits per heavy atom. The Hall–Kier alpha value is -1.92. The van der Waals surface area contributed by atoms with Gasteiger partial charge >= 0.3 is 7.75 Å². The van der Waals surface area contributed by atoms with Crippen LogP contribution >= 0.6 is 7.75 Å². The lowest BCUT2D eigenvalue weighted by Crippen LogP contribution is -2.35. The summed E-state index contributed by atoms with van der Waals surface area (Å²) in [4.78, 5) is 30.2. The highest BCUT2D eigenvalue weighted by Crippen LogP contribution is 2.35. The third kappa shape index (κ3) is 4.79. The number of aliphatic hydroxyl groups is 1. The SMILES string of the molecule is CC(CC(O)C1C(=O)C=CC=C1NP(=O)(O)O)c1ccc(O)cc1. The summed E-state index contributed by atoms with van der Waals surface area (Å²) in [6, 6.07) is 6.51. The first-order valence-electron chi connectivity index (χ1n) is 7.40. The van der Waals surface area contributed by atoms with Crippen molar-refractivity contribution >= 4 is 13.5 Å². The van der Waals surface area contributed by atoms with Crippen LogP contribution in [0.2, 0.25) is 0 Å². The third-order valence-electron chi connectivity index (χ3n) is 3.89. The van der Waals surface area contributed by atoms with Crippen LogP contribution in [-0.4, -0.2) is 31.9 Å². The first-order valence-corrected chi connectivity index (χ1v) is 9.01. The van der Waals surface area contributed by atoms with Crippen molar-refractivity contribution in [2.24, 2.45) is 5.92 Å². The molecule has 0 heterocycles. The number of aliphatic hydroxyl groups excluding tert-OH is 1. The third-order valence-corrected chi connectivity index (χ3v) is 4.44. The zero-order valence-corrected chi connectivity index (χ0v) is 13.9. The number of aromatic hydroxyl groups is 1. The molecule has 0 saturated heterocycles. The smallest absolute Gasteiger partial charge is 0.427 e. The molecule has 1 aromatic rings. The average molecular weight is 353 g/mol. The molecule has 3 atom stereocenters. The van der Waals surface area contributed by atoms with E-state index in [1.54, 1.807) is 12.1 Å². The maximum atomic E-state index is 12.1. The quantitative estimate of drug-likeness (QED) is 0.491. The lowest BCUT2D eigenvalue weighted by molar-refractivity contribution is -0.120. The van der Waals surface area contributed by atoms with Crippen LogP contribution in [0.1, 0.15) is 24.8 Å². The van der Waals surface area contributed by atoms with Crippen LogP contribution < -0.4 is 5.09 Å². The first kappa shape index (κ1) is 18.4. The molecule has 24 heavy (non-hydrogen) atoms. The molecule has 0 spiro atoms. The lowest BCUT2D eigenvalue weighted by Gasteiger charge is -2.28. The van der Waals surface area contributed by atoms with E-state index >= 15 is 0 Å².